The van der Waals surface area contributed by atoms with Crippen molar-refractivity contribution in [2.75, 3.05) is 32.7 Å². The molecule has 1 heterocycles. The van der Waals surface area contributed by atoms with E-state index in [-0.39, 0.29) is 54.6 Å². The van der Waals surface area contributed by atoms with E-state index < -0.39 is 0 Å². The van der Waals surface area contributed by atoms with E-state index in [0.29, 0.717) is 19.6 Å². The molecule has 1 aliphatic rings. The summed E-state index contributed by atoms with van der Waals surface area (Å²) in [6.07, 6.45) is 0. The highest BCUT2D eigenvalue weighted by molar-refractivity contribution is 5.85. The van der Waals surface area contributed by atoms with E-state index in [1.54, 1.807) is 0 Å². The molecule has 2 unspecified atom stereocenters. The molecule has 0 spiro atoms. The van der Waals surface area contributed by atoms with Crippen LogP contribution in [0.25, 0.3) is 0 Å². The average molecular weight is 357 g/mol. The van der Waals surface area contributed by atoms with Crippen molar-refractivity contribution >= 4 is 36.6 Å². The van der Waals surface area contributed by atoms with Gasteiger partial charge in [-0.15, -0.1) is 24.8 Å². The zero-order valence-corrected chi connectivity index (χ0v) is 15.5. The molecule has 2 atom stereocenters. The quantitative estimate of drug-likeness (QED) is 0.750. The van der Waals surface area contributed by atoms with E-state index in [4.69, 9.17) is 5.73 Å². The molecular formula is C14H30Cl2N4O2. The van der Waals surface area contributed by atoms with E-state index in [9.17, 15) is 9.59 Å². The summed E-state index contributed by atoms with van der Waals surface area (Å²) in [6.45, 7) is 10.9. The fourth-order valence-electron chi connectivity index (χ4n) is 2.21. The number of halogens is 2. The monoisotopic (exact) mass is 356 g/mol. The molecule has 8 heteroatoms. The van der Waals surface area contributed by atoms with Crippen LogP contribution in [-0.4, -0.2) is 66.4 Å². The van der Waals surface area contributed by atoms with Crippen molar-refractivity contribution in [2.45, 2.75) is 39.8 Å². The number of hydrogen-bond acceptors (Lipinski definition) is 4. The van der Waals surface area contributed by atoms with Crippen LogP contribution in [0.1, 0.15) is 27.7 Å². The van der Waals surface area contributed by atoms with Gasteiger partial charge in [0.05, 0.1) is 12.5 Å². The van der Waals surface area contributed by atoms with E-state index in [2.05, 4.69) is 10.2 Å². The lowest BCUT2D eigenvalue weighted by atomic mass is 10.0. The first-order valence-corrected chi connectivity index (χ1v) is 7.37. The molecule has 1 rings (SSSR count). The van der Waals surface area contributed by atoms with Crippen LogP contribution < -0.4 is 11.1 Å². The summed E-state index contributed by atoms with van der Waals surface area (Å²) in [7, 11) is 0. The van der Waals surface area contributed by atoms with Crippen molar-refractivity contribution in [3.8, 4) is 0 Å². The third kappa shape index (κ3) is 7.63. The summed E-state index contributed by atoms with van der Waals surface area (Å²) in [5.41, 5.74) is 5.77. The Labute approximate surface area is 146 Å². The zero-order valence-electron chi connectivity index (χ0n) is 13.9. The third-order valence-corrected chi connectivity index (χ3v) is 3.68. The summed E-state index contributed by atoms with van der Waals surface area (Å²) in [5, 5.41) is 2.88. The molecular weight excluding hydrogens is 327 g/mol. The number of amides is 2. The smallest absolute Gasteiger partial charge is 0.234 e. The van der Waals surface area contributed by atoms with Gasteiger partial charge in [0.2, 0.25) is 11.8 Å². The number of nitrogens with one attached hydrogen (secondary N) is 1. The van der Waals surface area contributed by atoms with Gasteiger partial charge >= 0.3 is 0 Å². The van der Waals surface area contributed by atoms with Gasteiger partial charge in [-0.05, 0) is 20.8 Å². The molecule has 1 aliphatic heterocycles. The molecule has 6 nitrogen and oxygen atoms in total. The lowest BCUT2D eigenvalue weighted by molar-refractivity contribution is -0.137. The highest BCUT2D eigenvalue weighted by Gasteiger charge is 2.27. The van der Waals surface area contributed by atoms with Crippen molar-refractivity contribution in [1.82, 2.24) is 15.1 Å². The molecule has 22 heavy (non-hydrogen) atoms. The van der Waals surface area contributed by atoms with Crippen LogP contribution in [0.5, 0.6) is 0 Å². The molecule has 2 amide bonds. The largest absolute Gasteiger partial charge is 0.353 e. The van der Waals surface area contributed by atoms with E-state index >= 15 is 0 Å². The van der Waals surface area contributed by atoms with Crippen LogP contribution >= 0.6 is 24.8 Å². The molecule has 3 N–H and O–H groups in total. The van der Waals surface area contributed by atoms with Gasteiger partial charge in [0.15, 0.2) is 0 Å². The maximum absolute atomic E-state index is 12.2. The first-order valence-electron chi connectivity index (χ1n) is 7.37. The van der Waals surface area contributed by atoms with Crippen LogP contribution in [0.2, 0.25) is 0 Å². The maximum atomic E-state index is 12.2. The standard InChI is InChI=1S/C14H28N4O2.2ClH/c1-10(2)16-13(19)9-17-5-7-18(8-6-17)14(20)11(3)12(4)15;;/h10-12H,5-9,15H2,1-4H3,(H,16,19);2*1H. The second kappa shape index (κ2) is 11.0. The molecule has 1 saturated heterocycles. The van der Waals surface area contributed by atoms with Crippen LogP contribution in [0, 0.1) is 5.92 Å². The highest BCUT2D eigenvalue weighted by Crippen LogP contribution is 2.09. The highest BCUT2D eigenvalue weighted by atomic mass is 35.5. The molecule has 0 aromatic carbocycles. The van der Waals surface area contributed by atoms with Crippen LogP contribution in [0.4, 0.5) is 0 Å². The van der Waals surface area contributed by atoms with E-state index in [1.165, 1.54) is 0 Å². The summed E-state index contributed by atoms with van der Waals surface area (Å²) in [5.74, 6) is 0.0146. The minimum atomic E-state index is -0.147. The predicted molar refractivity (Wildman–Crippen MR) is 93.6 cm³/mol. The number of carbonyl (C=O) groups is 2. The third-order valence-electron chi connectivity index (χ3n) is 3.68. The van der Waals surface area contributed by atoms with Gasteiger partial charge in [-0.1, -0.05) is 6.92 Å². The van der Waals surface area contributed by atoms with Gasteiger partial charge in [0.1, 0.15) is 0 Å². The first-order chi connectivity index (χ1) is 9.31. The molecule has 0 saturated carbocycles. The van der Waals surface area contributed by atoms with Gasteiger partial charge < -0.3 is 16.0 Å². The number of nitrogens with zero attached hydrogens (tertiary/aromatic N) is 2. The van der Waals surface area contributed by atoms with Gasteiger partial charge in [-0.3, -0.25) is 14.5 Å². The van der Waals surface area contributed by atoms with Gasteiger partial charge in [-0.25, -0.2) is 0 Å². The van der Waals surface area contributed by atoms with Gasteiger partial charge in [0, 0.05) is 38.3 Å². The molecule has 0 aromatic heterocycles. The second-order valence-electron chi connectivity index (χ2n) is 5.97. The summed E-state index contributed by atoms with van der Waals surface area (Å²) in [6, 6.07) is 0.0367. The topological polar surface area (TPSA) is 78.7 Å². The molecule has 0 aromatic rings. The first kappa shape index (κ1) is 23.7. The number of rotatable bonds is 5. The van der Waals surface area contributed by atoms with Gasteiger partial charge in [0.25, 0.3) is 0 Å². The Morgan fingerprint density at radius 1 is 1.05 bits per heavy atom. The van der Waals surface area contributed by atoms with Gasteiger partial charge in [-0.2, -0.15) is 0 Å². The second-order valence-corrected chi connectivity index (χ2v) is 5.97. The van der Waals surface area contributed by atoms with Crippen LogP contribution in [0.15, 0.2) is 0 Å². The lowest BCUT2D eigenvalue weighted by Gasteiger charge is -2.36. The Kier molecular flexibility index (Phi) is 11.9. The lowest BCUT2D eigenvalue weighted by Crippen LogP contribution is -2.53. The number of hydrogen-bond donors (Lipinski definition) is 2. The van der Waals surface area contributed by atoms with E-state index in [1.807, 2.05) is 32.6 Å². The van der Waals surface area contributed by atoms with Crippen molar-refractivity contribution in [3.63, 3.8) is 0 Å². The molecule has 1 fully saturated rings. The Hall–Kier alpha value is -0.560. The molecule has 0 aliphatic carbocycles. The summed E-state index contributed by atoms with van der Waals surface area (Å²) >= 11 is 0. The SMILES string of the molecule is CC(C)NC(=O)CN1CCN(C(=O)C(C)C(C)N)CC1.Cl.Cl. The predicted octanol–water partition coefficient (Wildman–Crippen LogP) is 0.482. The number of nitrogens with two attached hydrogens (primary N) is 1. The summed E-state index contributed by atoms with van der Waals surface area (Å²) in [4.78, 5) is 27.8. The Morgan fingerprint density at radius 2 is 1.55 bits per heavy atom. The fraction of sp³-hybridized carbons (Fsp3) is 0.857. The normalized spacial score (nSPS) is 18.0. The van der Waals surface area contributed by atoms with Crippen molar-refractivity contribution in [1.29, 1.82) is 0 Å². The Bertz CT molecular complexity index is 346. The van der Waals surface area contributed by atoms with Crippen molar-refractivity contribution in [2.24, 2.45) is 11.7 Å². The Morgan fingerprint density at radius 3 is 1.95 bits per heavy atom. The molecule has 132 valence electrons. The minimum Gasteiger partial charge on any atom is -0.353 e. The van der Waals surface area contributed by atoms with Crippen LogP contribution in [0.3, 0.4) is 0 Å². The summed E-state index contributed by atoms with van der Waals surface area (Å²) < 4.78 is 0. The number of piperazine rings is 1. The maximum Gasteiger partial charge on any atom is 0.234 e. The van der Waals surface area contributed by atoms with Crippen molar-refractivity contribution in [3.05, 3.63) is 0 Å². The Balaban J connectivity index is 0. The fourth-order valence-corrected chi connectivity index (χ4v) is 2.21. The van der Waals surface area contributed by atoms with E-state index in [0.717, 1.165) is 13.1 Å². The molecule has 0 radical (unpaired) electrons. The average Bonchev–Trinajstić information content (AvgIpc) is 2.36. The van der Waals surface area contributed by atoms with Crippen LogP contribution in [-0.2, 0) is 9.59 Å². The number of carbonyl (C=O) groups excluding carboxylic acids is 2. The minimum absolute atomic E-state index is 0. The molecule has 0 bridgehead atoms. The zero-order chi connectivity index (χ0) is 15.3. The van der Waals surface area contributed by atoms with Crippen molar-refractivity contribution < 1.29 is 9.59 Å².